The zero-order chi connectivity index (χ0) is 14.8. The minimum atomic E-state index is -0.624. The van der Waals surface area contributed by atoms with Crippen molar-refractivity contribution in [2.24, 2.45) is 5.92 Å². The van der Waals surface area contributed by atoms with Crippen LogP contribution >= 0.6 is 11.6 Å². The fourth-order valence-electron chi connectivity index (χ4n) is 2.96. The predicted molar refractivity (Wildman–Crippen MR) is 80.8 cm³/mol. The summed E-state index contributed by atoms with van der Waals surface area (Å²) in [7, 11) is 0. The Hall–Kier alpha value is -1.81. The fourth-order valence-corrected chi connectivity index (χ4v) is 3.20. The van der Waals surface area contributed by atoms with Crippen molar-refractivity contribution in [1.82, 2.24) is 10.2 Å². The normalized spacial score (nSPS) is 22.4. The smallest absolute Gasteiger partial charge is 0.247 e. The van der Waals surface area contributed by atoms with Crippen LogP contribution in [0, 0.1) is 5.92 Å². The van der Waals surface area contributed by atoms with Gasteiger partial charge in [-0.15, -0.1) is 0 Å². The fraction of sp³-hybridized carbons (Fsp3) is 0.375. The Labute approximate surface area is 128 Å². The van der Waals surface area contributed by atoms with E-state index in [0.717, 1.165) is 12.8 Å². The number of piperazine rings is 1. The van der Waals surface area contributed by atoms with Gasteiger partial charge in [-0.05, 0) is 18.9 Å². The quantitative estimate of drug-likeness (QED) is 0.852. The lowest BCUT2D eigenvalue weighted by atomic mass is 9.98. The lowest BCUT2D eigenvalue weighted by Gasteiger charge is -2.37. The van der Waals surface area contributed by atoms with Crippen molar-refractivity contribution < 1.29 is 9.59 Å². The highest BCUT2D eigenvalue weighted by Crippen LogP contribution is 2.32. The Morgan fingerprint density at radius 3 is 2.67 bits per heavy atom. The molecule has 0 unspecified atom stereocenters. The van der Waals surface area contributed by atoms with Gasteiger partial charge in [-0.3, -0.25) is 9.59 Å². The summed E-state index contributed by atoms with van der Waals surface area (Å²) in [5, 5.41) is 3.34. The minimum Gasteiger partial charge on any atom is -0.352 e. The molecule has 21 heavy (non-hydrogen) atoms. The van der Waals surface area contributed by atoms with Gasteiger partial charge < -0.3 is 10.2 Å². The second kappa shape index (κ2) is 5.90. The molecule has 2 amide bonds. The van der Waals surface area contributed by atoms with E-state index in [1.54, 1.807) is 11.0 Å². The summed E-state index contributed by atoms with van der Waals surface area (Å²) in [4.78, 5) is 26.7. The molecule has 110 valence electrons. The van der Waals surface area contributed by atoms with Gasteiger partial charge in [-0.2, -0.15) is 0 Å². The number of allylic oxidation sites excluding steroid dienone is 2. The molecule has 1 heterocycles. The summed E-state index contributed by atoms with van der Waals surface area (Å²) < 4.78 is 0. The molecule has 3 rings (SSSR count). The van der Waals surface area contributed by atoms with Crippen LogP contribution in [0.15, 0.2) is 36.4 Å². The van der Waals surface area contributed by atoms with Gasteiger partial charge in [0.05, 0.1) is 0 Å². The van der Waals surface area contributed by atoms with Crippen molar-refractivity contribution in [2.45, 2.75) is 18.9 Å². The summed E-state index contributed by atoms with van der Waals surface area (Å²) in [6.45, 7) is 1.02. The van der Waals surface area contributed by atoms with Gasteiger partial charge in [0.2, 0.25) is 11.8 Å². The molecule has 5 heteroatoms. The minimum absolute atomic E-state index is 0.0408. The van der Waals surface area contributed by atoms with E-state index in [9.17, 15) is 9.59 Å². The van der Waals surface area contributed by atoms with E-state index < -0.39 is 6.04 Å². The first-order valence-corrected chi connectivity index (χ1v) is 7.54. The van der Waals surface area contributed by atoms with E-state index in [0.29, 0.717) is 23.7 Å². The molecule has 1 fully saturated rings. The van der Waals surface area contributed by atoms with Gasteiger partial charge in [0.1, 0.15) is 6.04 Å². The van der Waals surface area contributed by atoms with Crippen LogP contribution in [-0.2, 0) is 9.59 Å². The average molecular weight is 305 g/mol. The van der Waals surface area contributed by atoms with E-state index in [2.05, 4.69) is 5.32 Å². The highest BCUT2D eigenvalue weighted by molar-refractivity contribution is 6.31. The van der Waals surface area contributed by atoms with Crippen LogP contribution in [0.2, 0.25) is 5.02 Å². The van der Waals surface area contributed by atoms with Gasteiger partial charge in [0.15, 0.2) is 0 Å². The molecular weight excluding hydrogens is 288 g/mol. The lowest BCUT2D eigenvalue weighted by Crippen LogP contribution is -2.53. The van der Waals surface area contributed by atoms with Gasteiger partial charge in [-0.25, -0.2) is 0 Å². The molecule has 1 N–H and O–H groups in total. The van der Waals surface area contributed by atoms with Crippen LogP contribution in [0.4, 0.5) is 0 Å². The van der Waals surface area contributed by atoms with Crippen LogP contribution < -0.4 is 5.32 Å². The molecule has 0 saturated carbocycles. The van der Waals surface area contributed by atoms with Crippen molar-refractivity contribution in [3.8, 4) is 0 Å². The Balaban J connectivity index is 1.91. The predicted octanol–water partition coefficient (Wildman–Crippen LogP) is 2.31. The first-order valence-electron chi connectivity index (χ1n) is 7.16. The summed E-state index contributed by atoms with van der Waals surface area (Å²) in [6, 6.07) is 6.59. The van der Waals surface area contributed by atoms with Crippen molar-refractivity contribution in [3.63, 3.8) is 0 Å². The number of carbonyl (C=O) groups is 2. The van der Waals surface area contributed by atoms with E-state index in [-0.39, 0.29) is 17.7 Å². The number of amides is 2. The van der Waals surface area contributed by atoms with Crippen LogP contribution in [0.3, 0.4) is 0 Å². The maximum atomic E-state index is 12.7. The Bertz CT molecular complexity index is 592. The molecular formula is C16H17ClN2O2. The highest BCUT2D eigenvalue weighted by atomic mass is 35.5. The Morgan fingerprint density at radius 1 is 1.24 bits per heavy atom. The maximum Gasteiger partial charge on any atom is 0.247 e. The first-order chi connectivity index (χ1) is 10.2. The molecule has 0 aromatic heterocycles. The molecule has 0 bridgehead atoms. The summed E-state index contributed by atoms with van der Waals surface area (Å²) >= 11 is 6.22. The molecule has 1 aromatic rings. The first kappa shape index (κ1) is 14.1. The Kier molecular flexibility index (Phi) is 3.97. The molecule has 2 aliphatic rings. The van der Waals surface area contributed by atoms with Crippen molar-refractivity contribution >= 4 is 23.4 Å². The van der Waals surface area contributed by atoms with Crippen molar-refractivity contribution in [1.29, 1.82) is 0 Å². The number of halogens is 1. The average Bonchev–Trinajstić information content (AvgIpc) is 3.01. The molecule has 1 saturated heterocycles. The topological polar surface area (TPSA) is 49.4 Å². The molecule has 0 spiro atoms. The highest BCUT2D eigenvalue weighted by Gasteiger charge is 2.37. The van der Waals surface area contributed by atoms with Gasteiger partial charge in [-0.1, -0.05) is 42.0 Å². The number of nitrogens with zero attached hydrogens (tertiary/aromatic N) is 1. The number of carbonyl (C=O) groups excluding carboxylic acids is 2. The van der Waals surface area contributed by atoms with Crippen molar-refractivity contribution in [2.75, 3.05) is 13.1 Å². The number of hydrogen-bond acceptors (Lipinski definition) is 2. The number of hydrogen-bond donors (Lipinski definition) is 1. The molecule has 0 radical (unpaired) electrons. The number of nitrogens with one attached hydrogen (secondary N) is 1. The SMILES string of the molecule is O=C1NCCN(C(=O)C2CC=CC2)[C@H]1c1ccccc1Cl. The van der Waals surface area contributed by atoms with Crippen LogP contribution in [0.5, 0.6) is 0 Å². The zero-order valence-electron chi connectivity index (χ0n) is 11.6. The maximum absolute atomic E-state index is 12.7. The van der Waals surface area contributed by atoms with Crippen LogP contribution in [0.1, 0.15) is 24.4 Å². The summed E-state index contributed by atoms with van der Waals surface area (Å²) in [5.41, 5.74) is 0.690. The summed E-state index contributed by atoms with van der Waals surface area (Å²) in [5.74, 6) is -0.158. The zero-order valence-corrected chi connectivity index (χ0v) is 12.3. The number of rotatable bonds is 2. The van der Waals surface area contributed by atoms with Crippen LogP contribution in [0.25, 0.3) is 0 Å². The van der Waals surface area contributed by atoms with E-state index in [1.165, 1.54) is 0 Å². The van der Waals surface area contributed by atoms with E-state index in [4.69, 9.17) is 11.6 Å². The second-order valence-corrected chi connectivity index (χ2v) is 5.79. The lowest BCUT2D eigenvalue weighted by molar-refractivity contribution is -0.146. The molecule has 1 aliphatic heterocycles. The van der Waals surface area contributed by atoms with Crippen molar-refractivity contribution in [3.05, 3.63) is 47.0 Å². The third-order valence-electron chi connectivity index (χ3n) is 4.05. The van der Waals surface area contributed by atoms with E-state index in [1.807, 2.05) is 30.4 Å². The van der Waals surface area contributed by atoms with Gasteiger partial charge >= 0.3 is 0 Å². The van der Waals surface area contributed by atoms with Gasteiger partial charge in [0.25, 0.3) is 0 Å². The molecule has 1 atom stereocenters. The van der Waals surface area contributed by atoms with Gasteiger partial charge in [0, 0.05) is 29.6 Å². The number of benzene rings is 1. The Morgan fingerprint density at radius 2 is 1.95 bits per heavy atom. The van der Waals surface area contributed by atoms with E-state index >= 15 is 0 Å². The molecule has 1 aromatic carbocycles. The molecule has 4 nitrogen and oxygen atoms in total. The largest absolute Gasteiger partial charge is 0.352 e. The third kappa shape index (κ3) is 2.68. The second-order valence-electron chi connectivity index (χ2n) is 5.39. The summed E-state index contributed by atoms with van der Waals surface area (Å²) in [6.07, 6.45) is 5.56. The molecule has 1 aliphatic carbocycles. The standard InChI is InChI=1S/C16H17ClN2O2/c17-13-8-4-3-7-12(13)14-15(20)18-9-10-19(14)16(21)11-5-1-2-6-11/h1-4,7-8,11,14H,5-6,9-10H2,(H,18,20)/t14-/m0/s1. The van der Waals surface area contributed by atoms with Crippen LogP contribution in [-0.4, -0.2) is 29.8 Å². The monoisotopic (exact) mass is 304 g/mol. The third-order valence-corrected chi connectivity index (χ3v) is 4.40.